The highest BCUT2D eigenvalue weighted by atomic mass is 19.1. The van der Waals surface area contributed by atoms with Crippen molar-refractivity contribution in [1.82, 2.24) is 10.2 Å². The molecule has 5 nitrogen and oxygen atoms in total. The molecule has 1 aliphatic rings. The van der Waals surface area contributed by atoms with Gasteiger partial charge in [-0.2, -0.15) is 0 Å². The van der Waals surface area contributed by atoms with Gasteiger partial charge in [-0.15, -0.1) is 0 Å². The molecule has 0 spiro atoms. The molecule has 2 aromatic carbocycles. The molecule has 3 rings (SSSR count). The van der Waals surface area contributed by atoms with E-state index in [1.165, 1.54) is 6.07 Å². The van der Waals surface area contributed by atoms with Crippen LogP contribution in [0.5, 0.6) is 5.75 Å². The minimum Gasteiger partial charge on any atom is -0.494 e. The molecule has 1 atom stereocenters. The summed E-state index contributed by atoms with van der Waals surface area (Å²) in [5, 5.41) is 2.88. The maximum absolute atomic E-state index is 14.2. The van der Waals surface area contributed by atoms with E-state index in [4.69, 9.17) is 4.74 Å². The van der Waals surface area contributed by atoms with Crippen molar-refractivity contribution >= 4 is 11.8 Å². The Kier molecular flexibility index (Phi) is 7.08. The first-order valence-electron chi connectivity index (χ1n) is 10.5. The summed E-state index contributed by atoms with van der Waals surface area (Å²) in [4.78, 5) is 27.8. The predicted octanol–water partition coefficient (Wildman–Crippen LogP) is 4.17. The van der Waals surface area contributed by atoms with Gasteiger partial charge in [-0.3, -0.25) is 9.59 Å². The van der Waals surface area contributed by atoms with Gasteiger partial charge < -0.3 is 15.0 Å². The molecule has 0 heterocycles. The molecule has 2 aromatic rings. The van der Waals surface area contributed by atoms with Gasteiger partial charge >= 0.3 is 0 Å². The van der Waals surface area contributed by atoms with E-state index in [9.17, 15) is 14.0 Å². The zero-order valence-electron chi connectivity index (χ0n) is 17.7. The number of amides is 2. The highest BCUT2D eigenvalue weighted by molar-refractivity contribution is 5.97. The minimum atomic E-state index is -0.684. The SMILES string of the molecule is CCOc1ccc(C(=O)N[C@H](C(=O)N(Cc2ccccc2F)C2CC2)C(C)C)cc1. The van der Waals surface area contributed by atoms with Gasteiger partial charge in [0.05, 0.1) is 6.61 Å². The fraction of sp³-hybridized carbons (Fsp3) is 0.417. The number of hydrogen-bond acceptors (Lipinski definition) is 3. The third-order valence-electron chi connectivity index (χ3n) is 5.22. The summed E-state index contributed by atoms with van der Waals surface area (Å²) in [5.41, 5.74) is 0.946. The molecule has 0 aliphatic heterocycles. The van der Waals surface area contributed by atoms with Crippen LogP contribution in [0.3, 0.4) is 0 Å². The average molecular weight is 413 g/mol. The van der Waals surface area contributed by atoms with E-state index < -0.39 is 6.04 Å². The molecule has 2 amide bonds. The molecule has 0 aromatic heterocycles. The Balaban J connectivity index is 1.74. The first kappa shape index (κ1) is 21.8. The van der Waals surface area contributed by atoms with Crippen LogP contribution in [-0.4, -0.2) is 35.4 Å². The standard InChI is InChI=1S/C24H29FN2O3/c1-4-30-20-13-9-17(10-14-20)23(28)26-22(16(2)3)24(29)27(19-11-12-19)15-18-7-5-6-8-21(18)25/h5-10,13-14,16,19,22H,4,11-12,15H2,1-3H3,(H,26,28)/t22-/m0/s1. The smallest absolute Gasteiger partial charge is 0.251 e. The number of ether oxygens (including phenoxy) is 1. The number of rotatable bonds is 9. The molecule has 1 saturated carbocycles. The summed E-state index contributed by atoms with van der Waals surface area (Å²) in [6, 6.07) is 12.7. The van der Waals surface area contributed by atoms with E-state index in [2.05, 4.69) is 5.32 Å². The van der Waals surface area contributed by atoms with Gasteiger partial charge in [0.1, 0.15) is 17.6 Å². The van der Waals surface area contributed by atoms with E-state index in [1.54, 1.807) is 47.4 Å². The molecule has 0 bridgehead atoms. The van der Waals surface area contributed by atoms with E-state index in [0.29, 0.717) is 23.5 Å². The van der Waals surface area contributed by atoms with Gasteiger partial charge in [0.2, 0.25) is 5.91 Å². The van der Waals surface area contributed by atoms with Crippen molar-refractivity contribution in [3.05, 3.63) is 65.5 Å². The molecular weight excluding hydrogens is 383 g/mol. The molecule has 0 saturated heterocycles. The maximum atomic E-state index is 14.2. The molecule has 30 heavy (non-hydrogen) atoms. The van der Waals surface area contributed by atoms with Crippen molar-refractivity contribution in [2.45, 2.75) is 52.2 Å². The Bertz CT molecular complexity index is 878. The molecule has 1 N–H and O–H groups in total. The van der Waals surface area contributed by atoms with Gasteiger partial charge in [0.15, 0.2) is 0 Å². The lowest BCUT2D eigenvalue weighted by atomic mass is 10.0. The highest BCUT2D eigenvalue weighted by Crippen LogP contribution is 2.30. The third-order valence-corrected chi connectivity index (χ3v) is 5.22. The summed E-state index contributed by atoms with van der Waals surface area (Å²) < 4.78 is 19.6. The molecule has 0 unspecified atom stereocenters. The minimum absolute atomic E-state index is 0.0979. The van der Waals surface area contributed by atoms with Gasteiger partial charge in [0.25, 0.3) is 5.91 Å². The summed E-state index contributed by atoms with van der Waals surface area (Å²) in [5.74, 6) is -0.224. The fourth-order valence-corrected chi connectivity index (χ4v) is 3.37. The van der Waals surface area contributed by atoms with Gasteiger partial charge in [-0.25, -0.2) is 4.39 Å². The van der Waals surface area contributed by atoms with E-state index in [1.807, 2.05) is 20.8 Å². The molecule has 6 heteroatoms. The van der Waals surface area contributed by atoms with Crippen LogP contribution in [0.2, 0.25) is 0 Å². The highest BCUT2D eigenvalue weighted by Gasteiger charge is 2.37. The lowest BCUT2D eigenvalue weighted by Gasteiger charge is -2.30. The molecular formula is C24H29FN2O3. The van der Waals surface area contributed by atoms with Crippen LogP contribution in [0.25, 0.3) is 0 Å². The first-order valence-corrected chi connectivity index (χ1v) is 10.5. The molecule has 0 radical (unpaired) electrons. The first-order chi connectivity index (χ1) is 14.4. The lowest BCUT2D eigenvalue weighted by Crippen LogP contribution is -2.51. The summed E-state index contributed by atoms with van der Waals surface area (Å²) >= 11 is 0. The van der Waals surface area contributed by atoms with E-state index >= 15 is 0 Å². The second kappa shape index (κ2) is 9.74. The van der Waals surface area contributed by atoms with Crippen LogP contribution in [0.1, 0.15) is 49.5 Å². The summed E-state index contributed by atoms with van der Waals surface area (Å²) in [7, 11) is 0. The third kappa shape index (κ3) is 5.38. The summed E-state index contributed by atoms with van der Waals surface area (Å²) in [6.07, 6.45) is 1.80. The lowest BCUT2D eigenvalue weighted by molar-refractivity contribution is -0.135. The van der Waals surface area contributed by atoms with Gasteiger partial charge in [0, 0.05) is 23.7 Å². The zero-order chi connectivity index (χ0) is 21.7. The van der Waals surface area contributed by atoms with Crippen molar-refractivity contribution < 1.29 is 18.7 Å². The van der Waals surface area contributed by atoms with Crippen molar-refractivity contribution in [2.75, 3.05) is 6.61 Å². The molecule has 1 fully saturated rings. The Morgan fingerprint density at radius 2 is 1.80 bits per heavy atom. The van der Waals surface area contributed by atoms with Crippen molar-refractivity contribution in [3.8, 4) is 5.75 Å². The number of benzene rings is 2. The quantitative estimate of drug-likeness (QED) is 0.673. The number of carbonyl (C=O) groups excluding carboxylic acids is 2. The Labute approximate surface area is 177 Å². The second-order valence-electron chi connectivity index (χ2n) is 7.94. The molecule has 160 valence electrons. The average Bonchev–Trinajstić information content (AvgIpc) is 3.56. The monoisotopic (exact) mass is 412 g/mol. The maximum Gasteiger partial charge on any atom is 0.251 e. The Hall–Kier alpha value is -2.89. The zero-order valence-corrected chi connectivity index (χ0v) is 17.7. The fourth-order valence-electron chi connectivity index (χ4n) is 3.37. The van der Waals surface area contributed by atoms with Crippen molar-refractivity contribution in [2.24, 2.45) is 5.92 Å². The van der Waals surface area contributed by atoms with Crippen LogP contribution >= 0.6 is 0 Å². The van der Waals surface area contributed by atoms with Crippen molar-refractivity contribution in [3.63, 3.8) is 0 Å². The van der Waals surface area contributed by atoms with Crippen LogP contribution in [0.15, 0.2) is 48.5 Å². The van der Waals surface area contributed by atoms with Crippen molar-refractivity contribution in [1.29, 1.82) is 0 Å². The number of nitrogens with zero attached hydrogens (tertiary/aromatic N) is 1. The number of nitrogens with one attached hydrogen (secondary N) is 1. The number of hydrogen-bond donors (Lipinski definition) is 1. The number of halogens is 1. The topological polar surface area (TPSA) is 58.6 Å². The second-order valence-corrected chi connectivity index (χ2v) is 7.94. The van der Waals surface area contributed by atoms with E-state index in [0.717, 1.165) is 12.8 Å². The molecule has 1 aliphatic carbocycles. The van der Waals surface area contributed by atoms with E-state index in [-0.39, 0.29) is 36.1 Å². The Morgan fingerprint density at radius 3 is 2.37 bits per heavy atom. The summed E-state index contributed by atoms with van der Waals surface area (Å²) in [6.45, 7) is 6.45. The van der Waals surface area contributed by atoms with Gasteiger partial charge in [-0.1, -0.05) is 32.0 Å². The van der Waals surface area contributed by atoms with Crippen LogP contribution in [0.4, 0.5) is 4.39 Å². The van der Waals surface area contributed by atoms with Gasteiger partial charge in [-0.05, 0) is 56.0 Å². The van der Waals surface area contributed by atoms with Crippen LogP contribution < -0.4 is 10.1 Å². The van der Waals surface area contributed by atoms with Crippen LogP contribution in [-0.2, 0) is 11.3 Å². The predicted molar refractivity (Wildman–Crippen MR) is 114 cm³/mol. The van der Waals surface area contributed by atoms with Crippen LogP contribution in [0, 0.1) is 11.7 Å². The largest absolute Gasteiger partial charge is 0.494 e. The number of carbonyl (C=O) groups is 2. The normalized spacial score (nSPS) is 14.3. The Morgan fingerprint density at radius 1 is 1.13 bits per heavy atom.